The summed E-state index contributed by atoms with van der Waals surface area (Å²) in [6.07, 6.45) is -3.51. The predicted molar refractivity (Wildman–Crippen MR) is 113 cm³/mol. The number of fused-ring (bicyclic) bond motifs is 1. The Bertz CT molecular complexity index is 1260. The standard InChI is InChI=1S/C22H20F3N3O2S/c23-22(24,25)14-28-20-6-2-5-19(27-17-7-9-31(29,30)10-8-17)18(20)12-21(28)16-4-1-3-15(11-16)13-26/h1-6,11-12,17,27H,7-10,14H2. The van der Waals surface area contributed by atoms with Crippen molar-refractivity contribution in [2.24, 2.45) is 0 Å². The van der Waals surface area contributed by atoms with Crippen molar-refractivity contribution in [1.29, 1.82) is 5.26 Å². The van der Waals surface area contributed by atoms with Gasteiger partial charge in [-0.15, -0.1) is 0 Å². The Morgan fingerprint density at radius 2 is 1.81 bits per heavy atom. The second-order valence-corrected chi connectivity index (χ2v) is 10.0. The minimum absolute atomic E-state index is 0.0644. The summed E-state index contributed by atoms with van der Waals surface area (Å²) >= 11 is 0. The van der Waals surface area contributed by atoms with Crippen LogP contribution in [0.3, 0.4) is 0 Å². The van der Waals surface area contributed by atoms with E-state index in [4.69, 9.17) is 0 Å². The molecule has 9 heteroatoms. The number of benzene rings is 2. The highest BCUT2D eigenvalue weighted by atomic mass is 32.2. The Hall–Kier alpha value is -2.99. The van der Waals surface area contributed by atoms with Gasteiger partial charge in [-0.05, 0) is 48.7 Å². The van der Waals surface area contributed by atoms with Crippen LogP contribution in [0.15, 0.2) is 48.5 Å². The molecule has 2 aromatic carbocycles. The van der Waals surface area contributed by atoms with Crippen LogP contribution in [0.25, 0.3) is 22.2 Å². The van der Waals surface area contributed by atoms with Gasteiger partial charge in [0.15, 0.2) is 0 Å². The Kier molecular flexibility index (Phi) is 5.43. The highest BCUT2D eigenvalue weighted by Gasteiger charge is 2.31. The Labute approximate surface area is 178 Å². The Balaban J connectivity index is 1.79. The molecule has 0 amide bonds. The number of sulfone groups is 1. The van der Waals surface area contributed by atoms with E-state index < -0.39 is 22.6 Å². The van der Waals surface area contributed by atoms with E-state index in [1.165, 1.54) is 4.57 Å². The fourth-order valence-corrected chi connectivity index (χ4v) is 5.49. The zero-order chi connectivity index (χ0) is 22.2. The molecule has 1 aliphatic rings. The van der Waals surface area contributed by atoms with Gasteiger partial charge in [0.05, 0.1) is 28.7 Å². The van der Waals surface area contributed by atoms with Crippen molar-refractivity contribution in [3.8, 4) is 17.3 Å². The first-order valence-corrected chi connectivity index (χ1v) is 11.6. The quantitative estimate of drug-likeness (QED) is 0.627. The van der Waals surface area contributed by atoms with Gasteiger partial charge < -0.3 is 9.88 Å². The van der Waals surface area contributed by atoms with E-state index in [0.717, 1.165) is 0 Å². The van der Waals surface area contributed by atoms with Crippen molar-refractivity contribution >= 4 is 26.4 Å². The topological polar surface area (TPSA) is 74.9 Å². The number of alkyl halides is 3. The molecule has 4 rings (SSSR count). The summed E-state index contributed by atoms with van der Waals surface area (Å²) < 4.78 is 64.8. The third-order valence-electron chi connectivity index (χ3n) is 5.48. The van der Waals surface area contributed by atoms with Gasteiger partial charge in [-0.25, -0.2) is 8.42 Å². The van der Waals surface area contributed by atoms with Crippen LogP contribution in [0.5, 0.6) is 0 Å². The summed E-state index contributed by atoms with van der Waals surface area (Å²) in [4.78, 5) is 0. The molecule has 1 fully saturated rings. The first kappa shape index (κ1) is 21.2. The number of nitrogens with zero attached hydrogens (tertiary/aromatic N) is 2. The summed E-state index contributed by atoms with van der Waals surface area (Å²) in [5, 5.41) is 13.1. The lowest BCUT2D eigenvalue weighted by Crippen LogP contribution is -2.32. The predicted octanol–water partition coefficient (Wildman–Crippen LogP) is 4.73. The van der Waals surface area contributed by atoms with E-state index in [1.807, 2.05) is 6.07 Å². The molecule has 0 spiro atoms. The number of anilines is 1. The van der Waals surface area contributed by atoms with Crippen LogP contribution < -0.4 is 5.32 Å². The Morgan fingerprint density at radius 1 is 1.10 bits per heavy atom. The molecule has 5 nitrogen and oxygen atoms in total. The summed E-state index contributed by atoms with van der Waals surface area (Å²) in [7, 11) is -3.01. The third-order valence-corrected chi connectivity index (χ3v) is 7.20. The van der Waals surface area contributed by atoms with Crippen LogP contribution in [0, 0.1) is 11.3 Å². The van der Waals surface area contributed by atoms with Crippen molar-refractivity contribution < 1.29 is 21.6 Å². The number of nitrogens with one attached hydrogen (secondary N) is 1. The van der Waals surface area contributed by atoms with Gasteiger partial charge >= 0.3 is 6.18 Å². The smallest absolute Gasteiger partial charge is 0.382 e. The highest BCUT2D eigenvalue weighted by Crippen LogP contribution is 2.36. The molecule has 31 heavy (non-hydrogen) atoms. The van der Waals surface area contributed by atoms with Crippen molar-refractivity contribution in [2.45, 2.75) is 31.6 Å². The first-order chi connectivity index (χ1) is 14.6. The van der Waals surface area contributed by atoms with Crippen LogP contribution >= 0.6 is 0 Å². The average molecular weight is 447 g/mol. The first-order valence-electron chi connectivity index (χ1n) is 9.82. The summed E-state index contributed by atoms with van der Waals surface area (Å²) in [6, 6.07) is 15.3. The van der Waals surface area contributed by atoms with Crippen molar-refractivity contribution in [1.82, 2.24) is 4.57 Å². The molecule has 2 heterocycles. The van der Waals surface area contributed by atoms with E-state index in [2.05, 4.69) is 5.32 Å². The molecule has 162 valence electrons. The molecule has 0 radical (unpaired) electrons. The zero-order valence-corrected chi connectivity index (χ0v) is 17.3. The summed E-state index contributed by atoms with van der Waals surface area (Å²) in [5.74, 6) is 0.198. The molecule has 3 aromatic rings. The van der Waals surface area contributed by atoms with E-state index in [-0.39, 0.29) is 17.5 Å². The maximum atomic E-state index is 13.4. The average Bonchev–Trinajstić information content (AvgIpc) is 3.07. The monoisotopic (exact) mass is 447 g/mol. The van der Waals surface area contributed by atoms with E-state index in [9.17, 15) is 26.9 Å². The number of hydrogen-bond acceptors (Lipinski definition) is 4. The number of nitriles is 1. The minimum Gasteiger partial charge on any atom is -0.382 e. The lowest BCUT2D eigenvalue weighted by atomic mass is 10.1. The molecule has 1 aromatic heterocycles. The van der Waals surface area contributed by atoms with Gasteiger partial charge in [-0.2, -0.15) is 18.4 Å². The number of hydrogen-bond donors (Lipinski definition) is 1. The van der Waals surface area contributed by atoms with Gasteiger partial charge in [-0.3, -0.25) is 0 Å². The van der Waals surface area contributed by atoms with Crippen molar-refractivity contribution in [3.63, 3.8) is 0 Å². The number of rotatable bonds is 4. The molecule has 0 saturated carbocycles. The van der Waals surface area contributed by atoms with Gasteiger partial charge in [0.1, 0.15) is 16.4 Å². The van der Waals surface area contributed by atoms with Crippen LogP contribution in [-0.2, 0) is 16.4 Å². The van der Waals surface area contributed by atoms with Crippen LogP contribution in [0.2, 0.25) is 0 Å². The largest absolute Gasteiger partial charge is 0.406 e. The molecule has 0 atom stereocenters. The molecule has 0 aliphatic carbocycles. The second-order valence-electron chi connectivity index (χ2n) is 7.73. The van der Waals surface area contributed by atoms with Crippen molar-refractivity contribution in [2.75, 3.05) is 16.8 Å². The van der Waals surface area contributed by atoms with Crippen LogP contribution in [-0.4, -0.2) is 36.7 Å². The maximum Gasteiger partial charge on any atom is 0.406 e. The molecular weight excluding hydrogens is 427 g/mol. The van der Waals surface area contributed by atoms with Crippen LogP contribution in [0.4, 0.5) is 18.9 Å². The normalized spacial score (nSPS) is 16.8. The van der Waals surface area contributed by atoms with E-state index >= 15 is 0 Å². The number of aromatic nitrogens is 1. The third kappa shape index (κ3) is 4.69. The molecule has 0 unspecified atom stereocenters. The van der Waals surface area contributed by atoms with E-state index in [1.54, 1.807) is 48.5 Å². The summed E-state index contributed by atoms with van der Waals surface area (Å²) in [6.45, 7) is -1.16. The fourth-order valence-electron chi connectivity index (χ4n) is 4.00. The SMILES string of the molecule is N#Cc1cccc(-c2cc3c(NC4CCS(=O)(=O)CC4)cccc3n2CC(F)(F)F)c1. The van der Waals surface area contributed by atoms with E-state index in [0.29, 0.717) is 46.3 Å². The summed E-state index contributed by atoms with van der Waals surface area (Å²) in [5.41, 5.74) is 2.34. The zero-order valence-electron chi connectivity index (χ0n) is 16.5. The fraction of sp³-hybridized carbons (Fsp3) is 0.318. The molecule has 1 aliphatic heterocycles. The van der Waals surface area contributed by atoms with Gasteiger partial charge in [0, 0.05) is 22.8 Å². The highest BCUT2D eigenvalue weighted by molar-refractivity contribution is 7.91. The molecular formula is C22H20F3N3O2S. The molecule has 1 N–H and O–H groups in total. The van der Waals surface area contributed by atoms with Gasteiger partial charge in [0.25, 0.3) is 0 Å². The molecule has 0 bridgehead atoms. The minimum atomic E-state index is -4.42. The van der Waals surface area contributed by atoms with Crippen molar-refractivity contribution in [3.05, 3.63) is 54.1 Å². The number of halogens is 3. The molecule has 1 saturated heterocycles. The van der Waals surface area contributed by atoms with Crippen LogP contribution in [0.1, 0.15) is 18.4 Å². The lowest BCUT2D eigenvalue weighted by Gasteiger charge is -2.24. The Morgan fingerprint density at radius 3 is 2.48 bits per heavy atom. The lowest BCUT2D eigenvalue weighted by molar-refractivity contribution is -0.139. The second kappa shape index (κ2) is 7.93. The maximum absolute atomic E-state index is 13.4. The van der Waals surface area contributed by atoms with Gasteiger partial charge in [0.2, 0.25) is 0 Å². The van der Waals surface area contributed by atoms with Gasteiger partial charge in [-0.1, -0.05) is 18.2 Å².